The van der Waals surface area contributed by atoms with Crippen molar-refractivity contribution in [2.24, 2.45) is 0 Å². The summed E-state index contributed by atoms with van der Waals surface area (Å²) in [4.78, 5) is 20.7. The third-order valence-electron chi connectivity index (χ3n) is 3.57. The van der Waals surface area contributed by atoms with Crippen molar-refractivity contribution in [3.8, 4) is 0 Å². The quantitative estimate of drug-likeness (QED) is 0.669. The molecule has 0 atom stereocenters. The molecule has 0 aliphatic heterocycles. The summed E-state index contributed by atoms with van der Waals surface area (Å²) >= 11 is 3.40. The van der Waals surface area contributed by atoms with Crippen molar-refractivity contribution in [1.29, 1.82) is 0 Å². The fourth-order valence-corrected chi connectivity index (χ4v) is 2.68. The van der Waals surface area contributed by atoms with Gasteiger partial charge in [-0.15, -0.1) is 0 Å². The van der Waals surface area contributed by atoms with Gasteiger partial charge < -0.3 is 10.6 Å². The average molecular weight is 397 g/mol. The lowest BCUT2D eigenvalue weighted by Crippen LogP contribution is -2.13. The topological polar surface area (TPSA) is 66.9 Å². The average Bonchev–Trinajstić information content (AvgIpc) is 2.62. The Morgan fingerprint density at radius 3 is 2.56 bits per heavy atom. The van der Waals surface area contributed by atoms with Gasteiger partial charge in [-0.05, 0) is 40.5 Å². The molecule has 0 saturated carbocycles. The molecule has 5 nitrogen and oxygen atoms in total. The van der Waals surface area contributed by atoms with Crippen LogP contribution in [-0.4, -0.2) is 15.9 Å². The van der Waals surface area contributed by atoms with Gasteiger partial charge in [0, 0.05) is 23.4 Å². The van der Waals surface area contributed by atoms with Gasteiger partial charge >= 0.3 is 0 Å². The molecule has 3 rings (SSSR count). The van der Waals surface area contributed by atoms with E-state index in [4.69, 9.17) is 0 Å². The molecule has 0 unspecified atom stereocenters. The first-order valence-electron chi connectivity index (χ1n) is 7.79. The Bertz CT molecular complexity index is 881. The summed E-state index contributed by atoms with van der Waals surface area (Å²) in [6, 6.07) is 15.6. The van der Waals surface area contributed by atoms with Gasteiger partial charge in [0.1, 0.15) is 0 Å². The van der Waals surface area contributed by atoms with Crippen molar-refractivity contribution in [3.63, 3.8) is 0 Å². The lowest BCUT2D eigenvalue weighted by molar-refractivity contribution is 0.102. The fourth-order valence-electron chi connectivity index (χ4n) is 2.30. The molecule has 0 saturated heterocycles. The van der Waals surface area contributed by atoms with Crippen molar-refractivity contribution in [2.45, 2.75) is 13.5 Å². The predicted octanol–water partition coefficient (Wildman–Crippen LogP) is 4.41. The van der Waals surface area contributed by atoms with E-state index in [1.54, 1.807) is 0 Å². The van der Waals surface area contributed by atoms with E-state index in [9.17, 15) is 4.79 Å². The molecule has 0 bridgehead atoms. The Hall–Kier alpha value is -2.73. The van der Waals surface area contributed by atoms with E-state index in [2.05, 4.69) is 55.6 Å². The van der Waals surface area contributed by atoms with Gasteiger partial charge in [0.05, 0.1) is 11.3 Å². The number of aryl methyl sites for hydroxylation is 1. The largest absolute Gasteiger partial charge is 0.350 e. The first kappa shape index (κ1) is 17.1. The number of rotatable bonds is 5. The number of carbonyl (C=O) groups excluding carboxylic acids is 1. The predicted molar refractivity (Wildman–Crippen MR) is 103 cm³/mol. The first-order chi connectivity index (χ1) is 12.1. The fraction of sp³-hybridized carbons (Fsp3) is 0.105. The number of nitrogens with zero attached hydrogens (tertiary/aromatic N) is 2. The highest BCUT2D eigenvalue weighted by atomic mass is 79.9. The zero-order chi connectivity index (χ0) is 17.6. The highest BCUT2D eigenvalue weighted by molar-refractivity contribution is 9.10. The van der Waals surface area contributed by atoms with Gasteiger partial charge in [0.2, 0.25) is 5.95 Å². The van der Waals surface area contributed by atoms with Crippen molar-refractivity contribution in [3.05, 3.63) is 82.1 Å². The van der Waals surface area contributed by atoms with Crippen molar-refractivity contribution >= 4 is 33.5 Å². The van der Waals surface area contributed by atoms with E-state index in [1.807, 2.05) is 36.4 Å². The molecule has 0 radical (unpaired) electrons. The van der Waals surface area contributed by atoms with Gasteiger partial charge in [0.25, 0.3) is 5.91 Å². The number of aromatic nitrogens is 2. The van der Waals surface area contributed by atoms with Crippen LogP contribution < -0.4 is 10.6 Å². The van der Waals surface area contributed by atoms with E-state index in [0.717, 1.165) is 10.0 Å². The molecule has 1 amide bonds. The van der Waals surface area contributed by atoms with Crippen LogP contribution in [0, 0.1) is 6.92 Å². The Kier molecular flexibility index (Phi) is 5.40. The number of amides is 1. The zero-order valence-corrected chi connectivity index (χ0v) is 15.2. The van der Waals surface area contributed by atoms with Crippen LogP contribution in [-0.2, 0) is 6.54 Å². The van der Waals surface area contributed by atoms with E-state index in [0.29, 0.717) is 23.7 Å². The molecule has 25 heavy (non-hydrogen) atoms. The van der Waals surface area contributed by atoms with Crippen LogP contribution in [0.25, 0.3) is 0 Å². The minimum absolute atomic E-state index is 0.253. The first-order valence-corrected chi connectivity index (χ1v) is 8.58. The molecular formula is C19H17BrN4O. The zero-order valence-electron chi connectivity index (χ0n) is 13.7. The van der Waals surface area contributed by atoms with Gasteiger partial charge in [0.15, 0.2) is 0 Å². The number of hydrogen-bond acceptors (Lipinski definition) is 4. The Morgan fingerprint density at radius 1 is 1.08 bits per heavy atom. The summed E-state index contributed by atoms with van der Waals surface area (Å²) in [5.74, 6) is 0.232. The maximum Gasteiger partial charge on any atom is 0.258 e. The minimum Gasteiger partial charge on any atom is -0.350 e. The molecule has 0 aliphatic rings. The molecule has 1 aromatic heterocycles. The summed E-state index contributed by atoms with van der Waals surface area (Å²) in [5, 5.41) is 5.98. The number of halogens is 1. The molecule has 0 fully saturated rings. The van der Waals surface area contributed by atoms with Crippen LogP contribution in [0.1, 0.15) is 21.5 Å². The third-order valence-corrected chi connectivity index (χ3v) is 4.26. The van der Waals surface area contributed by atoms with Crippen LogP contribution >= 0.6 is 15.9 Å². The number of carbonyl (C=O) groups is 1. The van der Waals surface area contributed by atoms with Crippen LogP contribution in [0.3, 0.4) is 0 Å². The molecule has 0 spiro atoms. The van der Waals surface area contributed by atoms with Gasteiger partial charge in [-0.3, -0.25) is 4.79 Å². The van der Waals surface area contributed by atoms with Gasteiger partial charge in [-0.2, -0.15) is 0 Å². The van der Waals surface area contributed by atoms with Crippen molar-refractivity contribution in [2.75, 3.05) is 10.6 Å². The summed E-state index contributed by atoms with van der Waals surface area (Å²) in [5.41, 5.74) is 3.46. The molecule has 3 aromatic rings. The minimum atomic E-state index is -0.253. The molecule has 126 valence electrons. The highest BCUT2D eigenvalue weighted by Gasteiger charge is 2.09. The molecule has 1 heterocycles. The Morgan fingerprint density at radius 2 is 1.84 bits per heavy atom. The van der Waals surface area contributed by atoms with Crippen LogP contribution in [0.5, 0.6) is 0 Å². The number of hydrogen-bond donors (Lipinski definition) is 2. The molecule has 2 aromatic carbocycles. The number of para-hydroxylation sites is 1. The van der Waals surface area contributed by atoms with Gasteiger partial charge in [-0.25, -0.2) is 9.97 Å². The molecule has 0 aliphatic carbocycles. The smallest absolute Gasteiger partial charge is 0.258 e. The Balaban J connectivity index is 1.61. The number of nitrogens with one attached hydrogen (secondary N) is 2. The normalized spacial score (nSPS) is 10.3. The lowest BCUT2D eigenvalue weighted by atomic mass is 10.1. The molecule has 2 N–H and O–H groups in total. The summed E-state index contributed by atoms with van der Waals surface area (Å²) in [6.07, 6.45) is 3.02. The maximum absolute atomic E-state index is 12.3. The van der Waals surface area contributed by atoms with E-state index in [-0.39, 0.29) is 5.91 Å². The van der Waals surface area contributed by atoms with Crippen molar-refractivity contribution < 1.29 is 4.79 Å². The number of benzene rings is 2. The molecular weight excluding hydrogens is 380 g/mol. The third kappa shape index (κ3) is 4.64. The van der Waals surface area contributed by atoms with Crippen LogP contribution in [0.2, 0.25) is 0 Å². The van der Waals surface area contributed by atoms with E-state index in [1.165, 1.54) is 18.0 Å². The van der Waals surface area contributed by atoms with Crippen molar-refractivity contribution in [1.82, 2.24) is 9.97 Å². The second-order valence-electron chi connectivity index (χ2n) is 5.57. The SMILES string of the molecule is Cc1cccc(CNc2ncc(C(=O)Nc3ccccc3Br)cn2)c1. The maximum atomic E-state index is 12.3. The highest BCUT2D eigenvalue weighted by Crippen LogP contribution is 2.21. The summed E-state index contributed by atoms with van der Waals surface area (Å²) in [7, 11) is 0. The summed E-state index contributed by atoms with van der Waals surface area (Å²) < 4.78 is 0.820. The second kappa shape index (κ2) is 7.90. The Labute approximate surface area is 154 Å². The van der Waals surface area contributed by atoms with Crippen LogP contribution in [0.15, 0.2) is 65.4 Å². The summed E-state index contributed by atoms with van der Waals surface area (Å²) in [6.45, 7) is 2.68. The van der Waals surface area contributed by atoms with Crippen LogP contribution in [0.4, 0.5) is 11.6 Å². The lowest BCUT2D eigenvalue weighted by Gasteiger charge is -2.08. The van der Waals surface area contributed by atoms with E-state index < -0.39 is 0 Å². The second-order valence-corrected chi connectivity index (χ2v) is 6.43. The van der Waals surface area contributed by atoms with E-state index >= 15 is 0 Å². The van der Waals surface area contributed by atoms with Gasteiger partial charge in [-0.1, -0.05) is 42.0 Å². The standard InChI is InChI=1S/C19H17BrN4O/c1-13-5-4-6-14(9-13)10-21-19-22-11-15(12-23-19)18(25)24-17-8-3-2-7-16(17)20/h2-9,11-12H,10H2,1H3,(H,24,25)(H,21,22,23). The number of anilines is 2. The monoisotopic (exact) mass is 396 g/mol. The molecule has 6 heteroatoms.